The average Bonchev–Trinajstić information content (AvgIpc) is 2.94. The molecule has 1 aromatic heterocycles. The van der Waals surface area contributed by atoms with Gasteiger partial charge >= 0.3 is 5.97 Å². The van der Waals surface area contributed by atoms with E-state index in [0.29, 0.717) is 18.3 Å². The lowest BCUT2D eigenvalue weighted by molar-refractivity contribution is 0.0563. The second-order valence-corrected chi connectivity index (χ2v) is 3.85. The minimum atomic E-state index is -0.471. The summed E-state index contributed by atoms with van der Waals surface area (Å²) in [6.45, 7) is 3.31. The highest BCUT2D eigenvalue weighted by Crippen LogP contribution is 2.08. The zero-order chi connectivity index (χ0) is 12.3. The Hall–Kier alpha value is -1.25. The summed E-state index contributed by atoms with van der Waals surface area (Å²) >= 11 is 0. The van der Waals surface area contributed by atoms with E-state index < -0.39 is 5.97 Å². The third-order valence-electron chi connectivity index (χ3n) is 2.38. The predicted octanol–water partition coefficient (Wildman–Crippen LogP) is 1.12. The van der Waals surface area contributed by atoms with Crippen molar-refractivity contribution in [3.05, 3.63) is 23.7 Å². The van der Waals surface area contributed by atoms with Crippen molar-refractivity contribution in [3.8, 4) is 0 Å². The van der Waals surface area contributed by atoms with Crippen LogP contribution in [0.1, 0.15) is 23.2 Å². The predicted molar refractivity (Wildman–Crippen MR) is 77.2 cm³/mol. The van der Waals surface area contributed by atoms with Crippen LogP contribution in [0.5, 0.6) is 0 Å². The van der Waals surface area contributed by atoms with Gasteiger partial charge in [0.25, 0.3) is 0 Å². The Morgan fingerprint density at radius 3 is 3.06 bits per heavy atom. The van der Waals surface area contributed by atoms with Crippen molar-refractivity contribution in [2.24, 2.45) is 4.99 Å². The van der Waals surface area contributed by atoms with E-state index in [1.54, 1.807) is 12.1 Å². The Balaban J connectivity index is 0.00000162. The molecule has 2 heterocycles. The number of carbonyl (C=O) groups excluding carboxylic acids is 1. The maximum atomic E-state index is 11.2. The molecular weight excluding hydrogens is 349 g/mol. The average molecular weight is 365 g/mol. The number of guanidine groups is 1. The molecule has 0 saturated heterocycles. The highest BCUT2D eigenvalue weighted by Gasteiger charge is 2.14. The maximum Gasteiger partial charge on any atom is 0.373 e. The standard InChI is InChI=1S/C11H15N3O3.HI/c1-7-5-12-11(14-7)13-6-8-3-4-9(17-8)10(15)16-2;/h3-4,7H,5-6H2,1-2H3,(H2,12,13,14);1H. The SMILES string of the molecule is COC(=O)c1ccc(CNC2=NCC(C)N2)o1.I. The van der Waals surface area contributed by atoms with Gasteiger partial charge in [0, 0.05) is 6.04 Å². The van der Waals surface area contributed by atoms with Gasteiger partial charge in [0.15, 0.2) is 5.96 Å². The van der Waals surface area contributed by atoms with Crippen LogP contribution >= 0.6 is 24.0 Å². The molecule has 1 unspecified atom stereocenters. The smallest absolute Gasteiger partial charge is 0.373 e. The van der Waals surface area contributed by atoms with Gasteiger partial charge in [-0.05, 0) is 19.1 Å². The number of rotatable bonds is 3. The molecule has 1 atom stereocenters. The van der Waals surface area contributed by atoms with Gasteiger partial charge in [0.05, 0.1) is 20.2 Å². The first-order chi connectivity index (χ1) is 8.19. The van der Waals surface area contributed by atoms with Crippen LogP contribution in [0.15, 0.2) is 21.5 Å². The number of hydrogen-bond acceptors (Lipinski definition) is 6. The van der Waals surface area contributed by atoms with Crippen molar-refractivity contribution in [2.75, 3.05) is 13.7 Å². The van der Waals surface area contributed by atoms with Crippen molar-refractivity contribution in [1.82, 2.24) is 10.6 Å². The van der Waals surface area contributed by atoms with Crippen LogP contribution in [0.2, 0.25) is 0 Å². The zero-order valence-electron chi connectivity index (χ0n) is 10.2. The van der Waals surface area contributed by atoms with Gasteiger partial charge in [-0.2, -0.15) is 0 Å². The Morgan fingerprint density at radius 2 is 2.44 bits per heavy atom. The summed E-state index contributed by atoms with van der Waals surface area (Å²) in [4.78, 5) is 15.4. The van der Waals surface area contributed by atoms with Crippen LogP contribution in [0, 0.1) is 0 Å². The van der Waals surface area contributed by atoms with Gasteiger partial charge in [0.2, 0.25) is 5.76 Å². The van der Waals surface area contributed by atoms with Crippen LogP contribution < -0.4 is 10.6 Å². The Bertz CT molecular complexity index is 444. The van der Waals surface area contributed by atoms with E-state index in [1.165, 1.54) is 7.11 Å². The number of ether oxygens (including phenoxy) is 1. The Kier molecular flexibility index (Phi) is 5.45. The summed E-state index contributed by atoms with van der Waals surface area (Å²) in [5, 5.41) is 6.26. The lowest BCUT2D eigenvalue weighted by Crippen LogP contribution is -2.37. The highest BCUT2D eigenvalue weighted by atomic mass is 127. The molecular formula is C11H16IN3O3. The van der Waals surface area contributed by atoms with Crippen LogP contribution in [0.4, 0.5) is 0 Å². The first-order valence-corrected chi connectivity index (χ1v) is 5.41. The van der Waals surface area contributed by atoms with Crippen LogP contribution in [0.25, 0.3) is 0 Å². The zero-order valence-corrected chi connectivity index (χ0v) is 12.6. The fraction of sp³-hybridized carbons (Fsp3) is 0.455. The summed E-state index contributed by atoms with van der Waals surface area (Å²) in [6, 6.07) is 3.69. The number of carbonyl (C=O) groups is 1. The van der Waals surface area contributed by atoms with Crippen LogP contribution in [-0.2, 0) is 11.3 Å². The largest absolute Gasteiger partial charge is 0.463 e. The number of methoxy groups -OCH3 is 1. The molecule has 0 spiro atoms. The Morgan fingerprint density at radius 1 is 1.67 bits per heavy atom. The summed E-state index contributed by atoms with van der Waals surface area (Å²) < 4.78 is 9.86. The van der Waals surface area contributed by atoms with Gasteiger partial charge in [-0.1, -0.05) is 0 Å². The van der Waals surface area contributed by atoms with E-state index in [2.05, 4.69) is 27.3 Å². The number of aliphatic imine (C=N–C) groups is 1. The fourth-order valence-corrected chi connectivity index (χ4v) is 1.51. The third kappa shape index (κ3) is 3.62. The van der Waals surface area contributed by atoms with Gasteiger partial charge in [-0.15, -0.1) is 24.0 Å². The monoisotopic (exact) mass is 365 g/mol. The molecule has 18 heavy (non-hydrogen) atoms. The number of nitrogens with zero attached hydrogens (tertiary/aromatic N) is 1. The number of esters is 1. The lowest BCUT2D eigenvalue weighted by atomic mass is 10.4. The molecule has 2 N–H and O–H groups in total. The second kappa shape index (κ2) is 6.62. The quantitative estimate of drug-likeness (QED) is 0.620. The number of hydrogen-bond donors (Lipinski definition) is 2. The van der Waals surface area contributed by atoms with E-state index in [4.69, 9.17) is 4.42 Å². The minimum Gasteiger partial charge on any atom is -0.463 e. The van der Waals surface area contributed by atoms with E-state index in [1.807, 2.05) is 0 Å². The van der Waals surface area contributed by atoms with E-state index in [-0.39, 0.29) is 29.7 Å². The molecule has 1 aliphatic rings. The number of nitrogens with one attached hydrogen (secondary N) is 2. The summed E-state index contributed by atoms with van der Waals surface area (Å²) in [6.07, 6.45) is 0. The van der Waals surface area contributed by atoms with E-state index in [9.17, 15) is 4.79 Å². The van der Waals surface area contributed by atoms with Gasteiger partial charge in [0.1, 0.15) is 5.76 Å². The van der Waals surface area contributed by atoms with Crippen molar-refractivity contribution >= 4 is 35.9 Å². The summed E-state index contributed by atoms with van der Waals surface area (Å²) in [7, 11) is 1.32. The Labute approximate surface area is 122 Å². The molecule has 0 aromatic carbocycles. The van der Waals surface area contributed by atoms with Crippen LogP contribution in [0.3, 0.4) is 0 Å². The van der Waals surface area contributed by atoms with Crippen LogP contribution in [-0.4, -0.2) is 31.6 Å². The molecule has 6 nitrogen and oxygen atoms in total. The van der Waals surface area contributed by atoms with E-state index >= 15 is 0 Å². The second-order valence-electron chi connectivity index (χ2n) is 3.85. The van der Waals surface area contributed by atoms with Gasteiger partial charge in [-0.25, -0.2) is 4.79 Å². The van der Waals surface area contributed by atoms with Crippen molar-refractivity contribution < 1.29 is 13.9 Å². The van der Waals surface area contributed by atoms with E-state index in [0.717, 1.165) is 12.5 Å². The fourth-order valence-electron chi connectivity index (χ4n) is 1.51. The molecule has 100 valence electrons. The van der Waals surface area contributed by atoms with Gasteiger partial charge < -0.3 is 19.8 Å². The molecule has 2 rings (SSSR count). The molecule has 0 radical (unpaired) electrons. The molecule has 0 bridgehead atoms. The van der Waals surface area contributed by atoms with Crippen molar-refractivity contribution in [2.45, 2.75) is 19.5 Å². The normalized spacial score (nSPS) is 17.4. The van der Waals surface area contributed by atoms with Crippen molar-refractivity contribution in [3.63, 3.8) is 0 Å². The topological polar surface area (TPSA) is 75.9 Å². The maximum absolute atomic E-state index is 11.2. The number of halogens is 1. The molecule has 0 aliphatic carbocycles. The van der Waals surface area contributed by atoms with Crippen molar-refractivity contribution in [1.29, 1.82) is 0 Å². The number of furan rings is 1. The lowest BCUT2D eigenvalue weighted by Gasteiger charge is -2.06. The molecule has 0 saturated carbocycles. The summed E-state index contributed by atoms with van der Waals surface area (Å²) in [5.41, 5.74) is 0. The summed E-state index contributed by atoms with van der Waals surface area (Å²) in [5.74, 6) is 1.16. The molecule has 0 fully saturated rings. The minimum absolute atomic E-state index is 0. The first-order valence-electron chi connectivity index (χ1n) is 5.41. The third-order valence-corrected chi connectivity index (χ3v) is 2.38. The first kappa shape index (κ1) is 14.8. The van der Waals surface area contributed by atoms with Gasteiger partial charge in [-0.3, -0.25) is 4.99 Å². The highest BCUT2D eigenvalue weighted by molar-refractivity contribution is 14.0. The molecule has 1 aliphatic heterocycles. The molecule has 0 amide bonds. The molecule has 7 heteroatoms. The molecule has 1 aromatic rings.